The van der Waals surface area contributed by atoms with Crippen LogP contribution in [0.25, 0.3) is 0 Å². The van der Waals surface area contributed by atoms with Gasteiger partial charge in [-0.3, -0.25) is 4.99 Å². The standard InChI is InChI=1S/C20H27N5O.HI/c1-21-20(23-13-16-6-5-7-18(12-16)26-2)24-15-17-8-9-19(22-14-17)25-10-3-4-11-25;/h5-9,12,14H,3-4,10-11,13,15H2,1-2H3,(H2,21,23,24);1H. The molecule has 1 fully saturated rings. The van der Waals surface area contributed by atoms with Crippen LogP contribution in [0.1, 0.15) is 24.0 Å². The number of anilines is 1. The summed E-state index contributed by atoms with van der Waals surface area (Å²) in [6.07, 6.45) is 4.47. The Kier molecular flexibility index (Phi) is 8.63. The summed E-state index contributed by atoms with van der Waals surface area (Å²) >= 11 is 0. The Hall–Kier alpha value is -2.03. The highest BCUT2D eigenvalue weighted by Crippen LogP contribution is 2.17. The maximum absolute atomic E-state index is 5.26. The lowest BCUT2D eigenvalue weighted by Crippen LogP contribution is -2.36. The van der Waals surface area contributed by atoms with E-state index in [1.165, 1.54) is 12.8 Å². The maximum atomic E-state index is 5.26. The zero-order valence-corrected chi connectivity index (χ0v) is 18.3. The first-order valence-electron chi connectivity index (χ1n) is 9.06. The first-order valence-corrected chi connectivity index (χ1v) is 9.06. The van der Waals surface area contributed by atoms with Crippen LogP contribution in [0.4, 0.5) is 5.82 Å². The second-order valence-corrected chi connectivity index (χ2v) is 6.35. The highest BCUT2D eigenvalue weighted by molar-refractivity contribution is 14.0. The predicted molar refractivity (Wildman–Crippen MR) is 121 cm³/mol. The molecule has 2 aromatic rings. The Balaban J connectivity index is 0.00000261. The number of guanidine groups is 1. The van der Waals surface area contributed by atoms with E-state index in [2.05, 4.69) is 43.7 Å². The van der Waals surface area contributed by atoms with E-state index in [1.54, 1.807) is 14.2 Å². The number of methoxy groups -OCH3 is 1. The number of benzene rings is 1. The number of rotatable bonds is 6. The van der Waals surface area contributed by atoms with Crippen molar-refractivity contribution in [2.45, 2.75) is 25.9 Å². The van der Waals surface area contributed by atoms with Crippen molar-refractivity contribution >= 4 is 35.8 Å². The van der Waals surface area contributed by atoms with Crippen LogP contribution in [0, 0.1) is 0 Å². The minimum Gasteiger partial charge on any atom is -0.497 e. The number of halogens is 1. The monoisotopic (exact) mass is 481 g/mol. The molecule has 1 aromatic carbocycles. The summed E-state index contributed by atoms with van der Waals surface area (Å²) in [5, 5.41) is 6.65. The molecule has 1 aliphatic heterocycles. The summed E-state index contributed by atoms with van der Waals surface area (Å²) in [6, 6.07) is 12.2. The molecule has 1 aliphatic rings. The van der Waals surface area contributed by atoms with Crippen LogP contribution in [0.2, 0.25) is 0 Å². The Bertz CT molecular complexity index is 729. The van der Waals surface area contributed by atoms with Gasteiger partial charge in [0.1, 0.15) is 11.6 Å². The van der Waals surface area contributed by atoms with E-state index in [0.29, 0.717) is 13.1 Å². The zero-order chi connectivity index (χ0) is 18.2. The van der Waals surface area contributed by atoms with E-state index < -0.39 is 0 Å². The van der Waals surface area contributed by atoms with Crippen molar-refractivity contribution < 1.29 is 4.74 Å². The van der Waals surface area contributed by atoms with Gasteiger partial charge in [-0.05, 0) is 42.2 Å². The van der Waals surface area contributed by atoms with E-state index in [1.807, 2.05) is 24.4 Å². The van der Waals surface area contributed by atoms with E-state index in [9.17, 15) is 0 Å². The molecular weight excluding hydrogens is 453 g/mol. The average molecular weight is 481 g/mol. The molecule has 0 bridgehead atoms. The fourth-order valence-electron chi connectivity index (χ4n) is 3.03. The van der Waals surface area contributed by atoms with Gasteiger partial charge in [-0.25, -0.2) is 4.98 Å². The number of hydrogen-bond acceptors (Lipinski definition) is 4. The third-order valence-corrected chi connectivity index (χ3v) is 4.52. The Labute approximate surface area is 178 Å². The summed E-state index contributed by atoms with van der Waals surface area (Å²) in [7, 11) is 3.45. The first kappa shape index (κ1) is 21.3. The lowest BCUT2D eigenvalue weighted by molar-refractivity contribution is 0.414. The molecule has 6 nitrogen and oxygen atoms in total. The highest BCUT2D eigenvalue weighted by atomic mass is 127. The fourth-order valence-corrected chi connectivity index (χ4v) is 3.03. The van der Waals surface area contributed by atoms with Crippen molar-refractivity contribution in [3.05, 3.63) is 53.7 Å². The van der Waals surface area contributed by atoms with Gasteiger partial charge in [-0.2, -0.15) is 0 Å². The summed E-state index contributed by atoms with van der Waals surface area (Å²) < 4.78 is 5.26. The molecular formula is C20H28IN5O. The van der Waals surface area contributed by atoms with E-state index in [4.69, 9.17) is 4.74 Å². The van der Waals surface area contributed by atoms with Crippen LogP contribution in [-0.4, -0.2) is 38.2 Å². The van der Waals surface area contributed by atoms with Gasteiger partial charge in [0, 0.05) is 39.4 Å². The molecule has 0 unspecified atom stereocenters. The Morgan fingerprint density at radius 1 is 1.11 bits per heavy atom. The number of nitrogens with zero attached hydrogens (tertiary/aromatic N) is 3. The van der Waals surface area contributed by atoms with Crippen LogP contribution >= 0.6 is 24.0 Å². The minimum atomic E-state index is 0. The molecule has 0 aliphatic carbocycles. The second-order valence-electron chi connectivity index (χ2n) is 6.35. The SMILES string of the molecule is CN=C(NCc1ccc(N2CCCC2)nc1)NCc1cccc(OC)c1.I. The smallest absolute Gasteiger partial charge is 0.191 e. The second kappa shape index (κ2) is 11.0. The van der Waals surface area contributed by atoms with Gasteiger partial charge in [0.25, 0.3) is 0 Å². The number of aromatic nitrogens is 1. The fraction of sp³-hybridized carbons (Fsp3) is 0.400. The van der Waals surface area contributed by atoms with Crippen LogP contribution in [0.15, 0.2) is 47.6 Å². The molecule has 7 heteroatoms. The van der Waals surface area contributed by atoms with E-state index in [0.717, 1.165) is 41.7 Å². The quantitative estimate of drug-likeness (QED) is 0.377. The lowest BCUT2D eigenvalue weighted by Gasteiger charge is -2.16. The summed E-state index contributed by atoms with van der Waals surface area (Å²) in [6.45, 7) is 3.60. The third-order valence-electron chi connectivity index (χ3n) is 4.52. The highest BCUT2D eigenvalue weighted by Gasteiger charge is 2.12. The van der Waals surface area contributed by atoms with Crippen LogP contribution in [0.3, 0.4) is 0 Å². The van der Waals surface area contributed by atoms with Gasteiger partial charge < -0.3 is 20.3 Å². The zero-order valence-electron chi connectivity index (χ0n) is 15.9. The molecule has 3 rings (SSSR count). The predicted octanol–water partition coefficient (Wildman–Crippen LogP) is 3.17. The van der Waals surface area contributed by atoms with Gasteiger partial charge in [0.15, 0.2) is 5.96 Å². The molecule has 2 heterocycles. The summed E-state index contributed by atoms with van der Waals surface area (Å²) in [5.74, 6) is 2.69. The number of ether oxygens (including phenoxy) is 1. The molecule has 0 amide bonds. The summed E-state index contributed by atoms with van der Waals surface area (Å²) in [5.41, 5.74) is 2.28. The molecule has 1 saturated heterocycles. The maximum Gasteiger partial charge on any atom is 0.191 e. The van der Waals surface area contributed by atoms with Gasteiger partial charge in [0.05, 0.1) is 7.11 Å². The van der Waals surface area contributed by atoms with Crippen LogP contribution in [-0.2, 0) is 13.1 Å². The van der Waals surface area contributed by atoms with Gasteiger partial charge in [-0.15, -0.1) is 24.0 Å². The minimum absolute atomic E-state index is 0. The number of pyridine rings is 1. The molecule has 0 radical (unpaired) electrons. The van der Waals surface area contributed by atoms with Crippen molar-refractivity contribution in [2.75, 3.05) is 32.1 Å². The van der Waals surface area contributed by atoms with Crippen LogP contribution < -0.4 is 20.3 Å². The molecule has 146 valence electrons. The Morgan fingerprint density at radius 3 is 2.48 bits per heavy atom. The molecule has 0 saturated carbocycles. The number of hydrogen-bond donors (Lipinski definition) is 2. The largest absolute Gasteiger partial charge is 0.497 e. The third kappa shape index (κ3) is 6.27. The lowest BCUT2D eigenvalue weighted by atomic mass is 10.2. The number of nitrogens with one attached hydrogen (secondary N) is 2. The van der Waals surface area contributed by atoms with Gasteiger partial charge in [0.2, 0.25) is 0 Å². The van der Waals surface area contributed by atoms with Crippen molar-refractivity contribution in [3.8, 4) is 5.75 Å². The molecule has 0 spiro atoms. The van der Waals surface area contributed by atoms with Crippen molar-refractivity contribution in [1.82, 2.24) is 15.6 Å². The van der Waals surface area contributed by atoms with Crippen molar-refractivity contribution in [2.24, 2.45) is 4.99 Å². The van der Waals surface area contributed by atoms with Crippen molar-refractivity contribution in [3.63, 3.8) is 0 Å². The van der Waals surface area contributed by atoms with Gasteiger partial charge >= 0.3 is 0 Å². The molecule has 2 N–H and O–H groups in total. The van der Waals surface area contributed by atoms with Crippen LogP contribution in [0.5, 0.6) is 5.75 Å². The van der Waals surface area contributed by atoms with Crippen molar-refractivity contribution in [1.29, 1.82) is 0 Å². The summed E-state index contributed by atoms with van der Waals surface area (Å²) in [4.78, 5) is 11.2. The normalized spacial score (nSPS) is 13.9. The molecule has 27 heavy (non-hydrogen) atoms. The van der Waals surface area contributed by atoms with Gasteiger partial charge in [-0.1, -0.05) is 18.2 Å². The average Bonchev–Trinajstić information content (AvgIpc) is 3.23. The molecule has 0 atom stereocenters. The first-order chi connectivity index (χ1) is 12.8. The number of aliphatic imine (C=N–C) groups is 1. The van der Waals surface area contributed by atoms with E-state index >= 15 is 0 Å². The molecule has 1 aromatic heterocycles. The Morgan fingerprint density at radius 2 is 1.85 bits per heavy atom. The van der Waals surface area contributed by atoms with E-state index in [-0.39, 0.29) is 24.0 Å². The topological polar surface area (TPSA) is 61.8 Å².